The molecule has 1 aliphatic rings. The average Bonchev–Trinajstić information content (AvgIpc) is 2.63. The summed E-state index contributed by atoms with van der Waals surface area (Å²) in [4.78, 5) is 18.7. The zero-order valence-corrected chi connectivity index (χ0v) is 17.4. The van der Waals surface area contributed by atoms with Gasteiger partial charge in [0.15, 0.2) is 5.96 Å². The second-order valence-electron chi connectivity index (χ2n) is 7.81. The Hall–Kier alpha value is -2.60. The molecule has 2 aromatic carbocycles. The molecule has 5 nitrogen and oxygen atoms in total. The van der Waals surface area contributed by atoms with Crippen molar-refractivity contribution in [3.05, 3.63) is 58.4 Å². The van der Waals surface area contributed by atoms with E-state index in [1.54, 1.807) is 46.0 Å². The number of guanidine groups is 1. The number of hydrogen-bond donors (Lipinski definition) is 2. The van der Waals surface area contributed by atoms with Crippen LogP contribution in [0.15, 0.2) is 41.4 Å². The Kier molecular flexibility index (Phi) is 4.88. The van der Waals surface area contributed by atoms with E-state index in [1.807, 2.05) is 19.1 Å². The van der Waals surface area contributed by atoms with Gasteiger partial charge in [0.2, 0.25) is 5.91 Å². The summed E-state index contributed by atoms with van der Waals surface area (Å²) >= 11 is 6.09. The number of nitrogens with one attached hydrogen (secondary N) is 1. The molecule has 0 fully saturated rings. The smallest absolute Gasteiger partial charge is 0.237 e. The van der Waals surface area contributed by atoms with Gasteiger partial charge in [0, 0.05) is 29.0 Å². The maximum Gasteiger partial charge on any atom is 0.237 e. The third-order valence-corrected chi connectivity index (χ3v) is 5.94. The predicted octanol–water partition coefficient (Wildman–Crippen LogP) is 4.56. The molecule has 0 saturated carbocycles. The summed E-state index contributed by atoms with van der Waals surface area (Å²) in [7, 11) is 1.57. The number of aliphatic imine (C=N–C) groups is 1. The van der Waals surface area contributed by atoms with Crippen LogP contribution in [-0.4, -0.2) is 23.8 Å². The molecule has 1 heterocycles. The minimum Gasteiger partial charge on any atom is -0.369 e. The summed E-state index contributed by atoms with van der Waals surface area (Å²) < 4.78 is 14.9. The normalized spacial score (nSPS) is 21.5. The molecule has 0 spiro atoms. The van der Waals surface area contributed by atoms with Gasteiger partial charge in [0.1, 0.15) is 11.4 Å². The molecular weight excluding hydrogens is 379 g/mol. The van der Waals surface area contributed by atoms with E-state index in [9.17, 15) is 9.18 Å². The molecule has 3 N–H and O–H groups in total. The highest BCUT2D eigenvalue weighted by atomic mass is 35.5. The maximum absolute atomic E-state index is 14.9. The minimum atomic E-state index is -1.16. The first-order valence-corrected chi connectivity index (χ1v) is 9.32. The van der Waals surface area contributed by atoms with E-state index in [-0.39, 0.29) is 11.9 Å². The highest BCUT2D eigenvalue weighted by Gasteiger charge is 2.53. The molecule has 0 aromatic heterocycles. The number of hydrogen-bond acceptors (Lipinski definition) is 4. The van der Waals surface area contributed by atoms with Gasteiger partial charge in [-0.15, -0.1) is 0 Å². The number of nitrogens with zero attached hydrogens (tertiary/aromatic N) is 2. The zero-order chi connectivity index (χ0) is 20.9. The van der Waals surface area contributed by atoms with Crippen LogP contribution in [0.5, 0.6) is 0 Å². The summed E-state index contributed by atoms with van der Waals surface area (Å²) in [5.41, 5.74) is 6.58. The Bertz CT molecular complexity index is 988. The number of amides is 1. The lowest BCUT2D eigenvalue weighted by Gasteiger charge is -2.46. The molecule has 1 aliphatic heterocycles. The molecular formula is C21H24ClFN4O. The summed E-state index contributed by atoms with van der Waals surface area (Å²) in [6.07, 6.45) is 0. The lowest BCUT2D eigenvalue weighted by atomic mass is 9.67. The molecule has 1 unspecified atom stereocenters. The second-order valence-corrected chi connectivity index (χ2v) is 8.25. The molecule has 7 heteroatoms. The van der Waals surface area contributed by atoms with E-state index in [0.29, 0.717) is 16.3 Å². The largest absolute Gasteiger partial charge is 0.369 e. The van der Waals surface area contributed by atoms with Crippen LogP contribution in [0.25, 0.3) is 0 Å². The molecule has 28 heavy (non-hydrogen) atoms. The van der Waals surface area contributed by atoms with Gasteiger partial charge in [-0.2, -0.15) is 0 Å². The van der Waals surface area contributed by atoms with E-state index >= 15 is 0 Å². The van der Waals surface area contributed by atoms with Gasteiger partial charge >= 0.3 is 0 Å². The van der Waals surface area contributed by atoms with Crippen LogP contribution in [0.4, 0.5) is 15.8 Å². The molecule has 0 saturated heterocycles. The quantitative estimate of drug-likeness (QED) is 0.790. The molecule has 0 bridgehead atoms. The lowest BCUT2D eigenvalue weighted by Crippen LogP contribution is -2.58. The minimum absolute atomic E-state index is 0.0651. The first kappa shape index (κ1) is 20.1. The first-order valence-electron chi connectivity index (χ1n) is 8.94. The van der Waals surface area contributed by atoms with Gasteiger partial charge in [0.25, 0.3) is 0 Å². The van der Waals surface area contributed by atoms with Crippen LogP contribution in [0.1, 0.15) is 31.9 Å². The van der Waals surface area contributed by atoms with Crippen LogP contribution in [0.2, 0.25) is 5.02 Å². The van der Waals surface area contributed by atoms with E-state index in [2.05, 4.69) is 10.3 Å². The number of carbonyl (C=O) groups excluding carboxylic acids is 1. The van der Waals surface area contributed by atoms with Crippen molar-refractivity contribution in [2.75, 3.05) is 12.4 Å². The van der Waals surface area contributed by atoms with Crippen molar-refractivity contribution in [3.63, 3.8) is 0 Å². The van der Waals surface area contributed by atoms with Crippen LogP contribution < -0.4 is 11.1 Å². The fourth-order valence-corrected chi connectivity index (χ4v) is 3.60. The second kappa shape index (κ2) is 6.78. The topological polar surface area (TPSA) is 70.7 Å². The summed E-state index contributed by atoms with van der Waals surface area (Å²) in [5.74, 6) is -0.598. The number of halogens is 2. The number of nitrogens with two attached hydrogens (primary N) is 1. The third kappa shape index (κ3) is 3.11. The first-order chi connectivity index (χ1) is 13.0. The van der Waals surface area contributed by atoms with Crippen molar-refractivity contribution in [1.82, 2.24) is 4.90 Å². The van der Waals surface area contributed by atoms with Gasteiger partial charge < -0.3 is 11.1 Å². The molecule has 3 rings (SSSR count). The van der Waals surface area contributed by atoms with Gasteiger partial charge in [-0.1, -0.05) is 17.7 Å². The van der Waals surface area contributed by atoms with Crippen LogP contribution in [0.3, 0.4) is 0 Å². The standard InChI is InChI=1S/C21H24ClFN4O/c1-12-6-7-13(22)10-17(12)25-14-8-9-16(23)15(11-14)21(4)20(2,3)18(28)27(5)19(24)26-21/h6-11,25H,1-5H3,(H2,24,26). The number of anilines is 2. The Morgan fingerprint density at radius 3 is 2.54 bits per heavy atom. The SMILES string of the molecule is Cc1ccc(Cl)cc1Nc1ccc(F)c(C2(C)N=C(N)N(C)C(=O)C2(C)C)c1. The average molecular weight is 403 g/mol. The van der Waals surface area contributed by atoms with E-state index in [4.69, 9.17) is 17.3 Å². The Morgan fingerprint density at radius 1 is 1.18 bits per heavy atom. The summed E-state index contributed by atoms with van der Waals surface area (Å²) in [5, 5.41) is 3.87. The third-order valence-electron chi connectivity index (χ3n) is 5.71. The van der Waals surface area contributed by atoms with Crippen molar-refractivity contribution < 1.29 is 9.18 Å². The van der Waals surface area contributed by atoms with E-state index in [1.165, 1.54) is 11.0 Å². The lowest BCUT2D eigenvalue weighted by molar-refractivity contribution is -0.140. The van der Waals surface area contributed by atoms with Gasteiger partial charge in [-0.3, -0.25) is 9.69 Å². The number of benzene rings is 2. The van der Waals surface area contributed by atoms with Crippen molar-refractivity contribution in [2.24, 2.45) is 16.1 Å². The Labute approximate surface area is 169 Å². The van der Waals surface area contributed by atoms with Crippen LogP contribution in [0, 0.1) is 18.2 Å². The molecule has 148 valence electrons. The molecule has 0 radical (unpaired) electrons. The monoisotopic (exact) mass is 402 g/mol. The molecule has 1 atom stereocenters. The van der Waals surface area contributed by atoms with E-state index < -0.39 is 16.8 Å². The predicted molar refractivity (Wildman–Crippen MR) is 111 cm³/mol. The fourth-order valence-electron chi connectivity index (χ4n) is 3.43. The van der Waals surface area contributed by atoms with Crippen molar-refractivity contribution in [3.8, 4) is 0 Å². The van der Waals surface area contributed by atoms with Gasteiger partial charge in [-0.05, 0) is 63.6 Å². The van der Waals surface area contributed by atoms with Crippen molar-refractivity contribution >= 4 is 34.8 Å². The van der Waals surface area contributed by atoms with Crippen LogP contribution in [-0.2, 0) is 10.3 Å². The van der Waals surface area contributed by atoms with Crippen molar-refractivity contribution in [1.29, 1.82) is 0 Å². The number of rotatable bonds is 3. The summed E-state index contributed by atoms with van der Waals surface area (Å²) in [6.45, 7) is 7.19. The highest BCUT2D eigenvalue weighted by Crippen LogP contribution is 2.47. The van der Waals surface area contributed by atoms with Gasteiger partial charge in [-0.25, -0.2) is 9.38 Å². The fraction of sp³-hybridized carbons (Fsp3) is 0.333. The Balaban J connectivity index is 2.11. The summed E-state index contributed by atoms with van der Waals surface area (Å²) in [6, 6.07) is 10.2. The number of aryl methyl sites for hydroxylation is 1. The van der Waals surface area contributed by atoms with Crippen molar-refractivity contribution in [2.45, 2.75) is 33.2 Å². The van der Waals surface area contributed by atoms with Gasteiger partial charge in [0.05, 0.1) is 5.41 Å². The zero-order valence-electron chi connectivity index (χ0n) is 16.6. The maximum atomic E-state index is 14.9. The van der Waals surface area contributed by atoms with E-state index in [0.717, 1.165) is 11.3 Å². The Morgan fingerprint density at radius 2 is 1.86 bits per heavy atom. The number of carbonyl (C=O) groups is 1. The molecule has 1 amide bonds. The molecule has 2 aromatic rings. The highest BCUT2D eigenvalue weighted by molar-refractivity contribution is 6.30. The molecule has 0 aliphatic carbocycles. The van der Waals surface area contributed by atoms with Crippen LogP contribution >= 0.6 is 11.6 Å².